The molecule has 0 aliphatic rings. The molecule has 0 atom stereocenters. The standard InChI is InChI=1S/C14H17N3OS/c1-3-17-9-10(15)8-12(17)14(18)16-11-6-4-5-7-13(11)19-2/h4-9H,3,15H2,1-2H3,(H,16,18). The summed E-state index contributed by atoms with van der Waals surface area (Å²) in [7, 11) is 0. The number of hydrogen-bond donors (Lipinski definition) is 2. The maximum atomic E-state index is 12.3. The molecular formula is C14H17N3OS. The molecule has 3 N–H and O–H groups in total. The molecule has 0 bridgehead atoms. The van der Waals surface area contributed by atoms with Gasteiger partial charge in [-0.05, 0) is 31.4 Å². The van der Waals surface area contributed by atoms with E-state index < -0.39 is 0 Å². The summed E-state index contributed by atoms with van der Waals surface area (Å²) in [4.78, 5) is 13.3. The molecule has 4 nitrogen and oxygen atoms in total. The number of thioether (sulfide) groups is 1. The van der Waals surface area contributed by atoms with E-state index in [9.17, 15) is 4.79 Å². The van der Waals surface area contributed by atoms with Crippen LogP contribution < -0.4 is 11.1 Å². The number of carbonyl (C=O) groups excluding carboxylic acids is 1. The highest BCUT2D eigenvalue weighted by Crippen LogP contribution is 2.25. The molecule has 0 aliphatic heterocycles. The van der Waals surface area contributed by atoms with E-state index in [0.29, 0.717) is 17.9 Å². The summed E-state index contributed by atoms with van der Waals surface area (Å²) in [6, 6.07) is 9.43. The van der Waals surface area contributed by atoms with Crippen molar-refractivity contribution in [1.82, 2.24) is 4.57 Å². The minimum absolute atomic E-state index is 0.139. The first-order valence-corrected chi connectivity index (χ1v) is 7.28. The molecule has 2 aromatic rings. The van der Waals surface area contributed by atoms with Gasteiger partial charge in [-0.25, -0.2) is 0 Å². The van der Waals surface area contributed by atoms with Crippen molar-refractivity contribution in [3.05, 3.63) is 42.2 Å². The minimum atomic E-state index is -0.139. The zero-order valence-corrected chi connectivity index (χ0v) is 11.8. The fourth-order valence-electron chi connectivity index (χ4n) is 1.92. The second-order valence-corrected chi connectivity index (χ2v) is 4.95. The summed E-state index contributed by atoms with van der Waals surface area (Å²) in [5.41, 5.74) is 7.74. The van der Waals surface area contributed by atoms with E-state index in [1.165, 1.54) is 0 Å². The summed E-state index contributed by atoms with van der Waals surface area (Å²) in [6.45, 7) is 2.69. The van der Waals surface area contributed by atoms with Gasteiger partial charge in [0, 0.05) is 17.6 Å². The number of nitrogens with two attached hydrogens (primary N) is 1. The zero-order valence-electron chi connectivity index (χ0n) is 11.0. The van der Waals surface area contributed by atoms with Crippen LogP contribution in [0, 0.1) is 0 Å². The second-order valence-electron chi connectivity index (χ2n) is 4.10. The van der Waals surface area contributed by atoms with Crippen LogP contribution in [-0.4, -0.2) is 16.7 Å². The third-order valence-corrected chi connectivity index (χ3v) is 3.64. The van der Waals surface area contributed by atoms with Gasteiger partial charge in [0.1, 0.15) is 5.69 Å². The maximum absolute atomic E-state index is 12.3. The fraction of sp³-hybridized carbons (Fsp3) is 0.214. The van der Waals surface area contributed by atoms with Crippen molar-refractivity contribution in [2.75, 3.05) is 17.3 Å². The van der Waals surface area contributed by atoms with Gasteiger partial charge in [0.15, 0.2) is 0 Å². The summed E-state index contributed by atoms with van der Waals surface area (Å²) in [6.07, 6.45) is 3.76. The minimum Gasteiger partial charge on any atom is -0.397 e. The van der Waals surface area contributed by atoms with E-state index in [1.807, 2.05) is 42.0 Å². The molecule has 5 heteroatoms. The molecule has 1 aromatic heterocycles. The van der Waals surface area contributed by atoms with E-state index in [-0.39, 0.29) is 5.91 Å². The number of nitrogens with one attached hydrogen (secondary N) is 1. The Kier molecular flexibility index (Phi) is 4.16. The van der Waals surface area contributed by atoms with Crippen molar-refractivity contribution in [3.63, 3.8) is 0 Å². The summed E-state index contributed by atoms with van der Waals surface area (Å²) >= 11 is 1.60. The van der Waals surface area contributed by atoms with Gasteiger partial charge in [0.05, 0.1) is 11.4 Å². The topological polar surface area (TPSA) is 60.0 Å². The van der Waals surface area contributed by atoms with Crippen molar-refractivity contribution in [2.24, 2.45) is 0 Å². The highest BCUT2D eigenvalue weighted by Gasteiger charge is 2.13. The van der Waals surface area contributed by atoms with Crippen LogP contribution in [0.5, 0.6) is 0 Å². The second kappa shape index (κ2) is 5.84. The lowest BCUT2D eigenvalue weighted by Crippen LogP contribution is -2.16. The Labute approximate surface area is 117 Å². The van der Waals surface area contributed by atoms with Crippen LogP contribution >= 0.6 is 11.8 Å². The third kappa shape index (κ3) is 2.93. The number of nitrogens with zero attached hydrogens (tertiary/aromatic N) is 1. The molecule has 1 aromatic carbocycles. The number of carbonyl (C=O) groups is 1. The van der Waals surface area contributed by atoms with Crippen molar-refractivity contribution >= 4 is 29.0 Å². The molecule has 0 spiro atoms. The Balaban J connectivity index is 2.25. The molecule has 1 heterocycles. The van der Waals surface area contributed by atoms with Crippen molar-refractivity contribution < 1.29 is 4.79 Å². The molecule has 2 rings (SSSR count). The van der Waals surface area contributed by atoms with E-state index in [1.54, 1.807) is 24.0 Å². The fourth-order valence-corrected chi connectivity index (χ4v) is 2.47. The van der Waals surface area contributed by atoms with Crippen molar-refractivity contribution in [3.8, 4) is 0 Å². The number of rotatable bonds is 4. The van der Waals surface area contributed by atoms with E-state index in [4.69, 9.17) is 5.73 Å². The van der Waals surface area contributed by atoms with Gasteiger partial charge in [0.25, 0.3) is 5.91 Å². The Bertz CT molecular complexity index is 592. The summed E-state index contributed by atoms with van der Waals surface area (Å²) < 4.78 is 1.84. The van der Waals surface area contributed by atoms with Gasteiger partial charge in [-0.3, -0.25) is 4.79 Å². The van der Waals surface area contributed by atoms with E-state index in [0.717, 1.165) is 10.6 Å². The van der Waals surface area contributed by atoms with Crippen LogP contribution in [0.2, 0.25) is 0 Å². The molecule has 100 valence electrons. The van der Waals surface area contributed by atoms with Gasteiger partial charge in [0.2, 0.25) is 0 Å². The number of amides is 1. The molecule has 0 fully saturated rings. The number of nitrogen functional groups attached to an aromatic ring is 1. The SMILES string of the molecule is CCn1cc(N)cc1C(=O)Nc1ccccc1SC. The number of benzene rings is 1. The summed E-state index contributed by atoms with van der Waals surface area (Å²) in [5.74, 6) is -0.139. The first kappa shape index (κ1) is 13.5. The van der Waals surface area contributed by atoms with Crippen LogP contribution in [0.15, 0.2) is 41.4 Å². The average molecular weight is 275 g/mol. The Morgan fingerprint density at radius 3 is 2.84 bits per heavy atom. The summed E-state index contributed by atoms with van der Waals surface area (Å²) in [5, 5.41) is 2.93. The predicted molar refractivity (Wildman–Crippen MR) is 80.7 cm³/mol. The van der Waals surface area contributed by atoms with Crippen LogP contribution in [0.25, 0.3) is 0 Å². The number of anilines is 2. The third-order valence-electron chi connectivity index (χ3n) is 2.85. The van der Waals surface area contributed by atoms with Gasteiger partial charge in [-0.15, -0.1) is 11.8 Å². The molecule has 0 aliphatic carbocycles. The van der Waals surface area contributed by atoms with E-state index >= 15 is 0 Å². The van der Waals surface area contributed by atoms with Gasteiger partial charge in [-0.2, -0.15) is 0 Å². The van der Waals surface area contributed by atoms with Crippen molar-refractivity contribution in [1.29, 1.82) is 0 Å². The first-order chi connectivity index (χ1) is 9.15. The number of aryl methyl sites for hydroxylation is 1. The van der Waals surface area contributed by atoms with Crippen LogP contribution in [0.3, 0.4) is 0 Å². The number of para-hydroxylation sites is 1. The first-order valence-electron chi connectivity index (χ1n) is 6.05. The molecule has 0 unspecified atom stereocenters. The average Bonchev–Trinajstić information content (AvgIpc) is 2.80. The van der Waals surface area contributed by atoms with Crippen LogP contribution in [0.1, 0.15) is 17.4 Å². The predicted octanol–water partition coefficient (Wildman–Crippen LogP) is 3.06. The lowest BCUT2D eigenvalue weighted by molar-refractivity contribution is 0.101. The highest BCUT2D eigenvalue weighted by atomic mass is 32.2. The lowest BCUT2D eigenvalue weighted by Gasteiger charge is -2.10. The van der Waals surface area contributed by atoms with Crippen molar-refractivity contribution in [2.45, 2.75) is 18.4 Å². The molecule has 0 saturated carbocycles. The van der Waals surface area contributed by atoms with Gasteiger partial charge < -0.3 is 15.6 Å². The molecule has 0 saturated heterocycles. The Hall–Kier alpha value is -1.88. The lowest BCUT2D eigenvalue weighted by atomic mass is 10.3. The molecule has 0 radical (unpaired) electrons. The Morgan fingerprint density at radius 1 is 1.42 bits per heavy atom. The van der Waals surface area contributed by atoms with Crippen LogP contribution in [0.4, 0.5) is 11.4 Å². The van der Waals surface area contributed by atoms with Crippen LogP contribution in [-0.2, 0) is 6.54 Å². The smallest absolute Gasteiger partial charge is 0.272 e. The molecular weight excluding hydrogens is 258 g/mol. The molecule has 1 amide bonds. The van der Waals surface area contributed by atoms with E-state index in [2.05, 4.69) is 5.32 Å². The quantitative estimate of drug-likeness (QED) is 0.843. The number of aromatic nitrogens is 1. The van der Waals surface area contributed by atoms with Gasteiger partial charge in [-0.1, -0.05) is 12.1 Å². The Morgan fingerprint density at radius 2 is 2.16 bits per heavy atom. The zero-order chi connectivity index (χ0) is 13.8. The maximum Gasteiger partial charge on any atom is 0.272 e. The normalized spacial score (nSPS) is 10.4. The highest BCUT2D eigenvalue weighted by molar-refractivity contribution is 7.98. The number of hydrogen-bond acceptors (Lipinski definition) is 3. The molecule has 19 heavy (non-hydrogen) atoms. The van der Waals surface area contributed by atoms with Gasteiger partial charge >= 0.3 is 0 Å². The monoisotopic (exact) mass is 275 g/mol. The largest absolute Gasteiger partial charge is 0.397 e.